The number of carbonyl (C=O) groups is 2. The maximum Gasteiger partial charge on any atom is 0.277 e. The van der Waals surface area contributed by atoms with E-state index in [-0.39, 0.29) is 17.9 Å². The summed E-state index contributed by atoms with van der Waals surface area (Å²) in [5, 5.41) is 0. The normalized spacial score (nSPS) is 18.4. The second-order valence-electron chi connectivity index (χ2n) is 9.26. The Hall–Kier alpha value is -2.14. The minimum Gasteiger partial charge on any atom is -0.366 e. The Bertz CT molecular complexity index is 791. The molecule has 0 unspecified atom stereocenters. The molecule has 3 rings (SSSR count). The van der Waals surface area contributed by atoms with Crippen LogP contribution < -0.4 is 0 Å². The predicted octanol–water partition coefficient (Wildman–Crippen LogP) is 4.46. The monoisotopic (exact) mass is 425 g/mol. The zero-order valence-corrected chi connectivity index (χ0v) is 19.8. The molecule has 0 spiro atoms. The summed E-state index contributed by atoms with van der Waals surface area (Å²) in [6.45, 7) is 6.81. The van der Waals surface area contributed by atoms with Crippen molar-refractivity contribution in [2.75, 3.05) is 33.7 Å². The molecule has 2 aliphatic rings. The Balaban J connectivity index is 1.80. The Labute approximate surface area is 188 Å². The summed E-state index contributed by atoms with van der Waals surface area (Å²) in [4.78, 5) is 32.8. The van der Waals surface area contributed by atoms with Crippen molar-refractivity contribution in [1.29, 1.82) is 0 Å². The van der Waals surface area contributed by atoms with Gasteiger partial charge in [0.1, 0.15) is 5.70 Å². The number of amides is 2. The van der Waals surface area contributed by atoms with Crippen LogP contribution in [0.15, 0.2) is 30.0 Å². The number of carbonyl (C=O) groups excluding carboxylic acids is 2. The van der Waals surface area contributed by atoms with Crippen LogP contribution in [0.4, 0.5) is 0 Å². The molecule has 0 atom stereocenters. The number of benzene rings is 1. The van der Waals surface area contributed by atoms with Crippen LogP contribution in [0.3, 0.4) is 0 Å². The quantitative estimate of drug-likeness (QED) is 0.410. The molecule has 1 saturated heterocycles. The van der Waals surface area contributed by atoms with Crippen LogP contribution in [0.25, 0.3) is 5.57 Å². The summed E-state index contributed by atoms with van der Waals surface area (Å²) in [5.41, 5.74) is 3.17. The third-order valence-corrected chi connectivity index (χ3v) is 6.81. The number of rotatable bonds is 10. The smallest absolute Gasteiger partial charge is 0.277 e. The number of hydrogen-bond acceptors (Lipinski definition) is 4. The first-order valence-corrected chi connectivity index (χ1v) is 12.0. The topological polar surface area (TPSA) is 43.9 Å². The van der Waals surface area contributed by atoms with Crippen LogP contribution in [0.2, 0.25) is 0 Å². The highest BCUT2D eigenvalue weighted by atomic mass is 16.2. The largest absolute Gasteiger partial charge is 0.366 e. The molecular weight excluding hydrogens is 386 g/mol. The minimum absolute atomic E-state index is 0.115. The van der Waals surface area contributed by atoms with Crippen molar-refractivity contribution in [3.05, 3.63) is 41.1 Å². The van der Waals surface area contributed by atoms with Crippen molar-refractivity contribution in [2.24, 2.45) is 0 Å². The van der Waals surface area contributed by atoms with Gasteiger partial charge in [0.15, 0.2) is 0 Å². The van der Waals surface area contributed by atoms with Gasteiger partial charge in [-0.2, -0.15) is 0 Å². The Morgan fingerprint density at radius 3 is 2.19 bits per heavy atom. The van der Waals surface area contributed by atoms with Gasteiger partial charge in [-0.15, -0.1) is 0 Å². The zero-order chi connectivity index (χ0) is 22.4. The Morgan fingerprint density at radius 1 is 0.935 bits per heavy atom. The number of likely N-dealkylation sites (tertiary alicyclic amines) is 1. The fourth-order valence-corrected chi connectivity index (χ4v) is 4.69. The van der Waals surface area contributed by atoms with E-state index in [1.54, 1.807) is 0 Å². The average molecular weight is 426 g/mol. The highest BCUT2D eigenvalue weighted by molar-refractivity contribution is 6.35. The maximum atomic E-state index is 13.5. The molecule has 2 aliphatic heterocycles. The van der Waals surface area contributed by atoms with Crippen LogP contribution in [0, 0.1) is 6.92 Å². The van der Waals surface area contributed by atoms with Crippen LogP contribution >= 0.6 is 0 Å². The number of unbranched alkanes of at least 4 members (excludes halogenated alkanes) is 5. The second kappa shape index (κ2) is 10.9. The molecule has 0 saturated carbocycles. The van der Waals surface area contributed by atoms with Gasteiger partial charge in [-0.25, -0.2) is 0 Å². The van der Waals surface area contributed by atoms with E-state index >= 15 is 0 Å². The first-order valence-electron chi connectivity index (χ1n) is 12.0. The van der Waals surface area contributed by atoms with E-state index in [2.05, 4.69) is 23.8 Å². The first-order chi connectivity index (χ1) is 14.9. The van der Waals surface area contributed by atoms with Gasteiger partial charge in [0.25, 0.3) is 11.8 Å². The lowest BCUT2D eigenvalue weighted by atomic mass is 9.99. The van der Waals surface area contributed by atoms with E-state index in [0.29, 0.717) is 17.8 Å². The molecule has 31 heavy (non-hydrogen) atoms. The van der Waals surface area contributed by atoms with E-state index in [1.165, 1.54) is 30.6 Å². The number of likely N-dealkylation sites (N-methyl/N-ethyl adjacent to an activating group) is 1. The van der Waals surface area contributed by atoms with E-state index in [4.69, 9.17) is 0 Å². The predicted molar refractivity (Wildman–Crippen MR) is 126 cm³/mol. The summed E-state index contributed by atoms with van der Waals surface area (Å²) in [6.07, 6.45) is 8.85. The van der Waals surface area contributed by atoms with Gasteiger partial charge < -0.3 is 9.80 Å². The van der Waals surface area contributed by atoms with Gasteiger partial charge in [0, 0.05) is 19.6 Å². The minimum atomic E-state index is -0.128. The molecule has 0 radical (unpaired) electrons. The Morgan fingerprint density at radius 2 is 1.55 bits per heavy atom. The standard InChI is InChI=1S/C26H39N3O2/c1-5-6-7-8-9-10-17-29-25(30)23(21-13-11-20(2)12-14-21)24(26(29)31)28(4)22-15-18-27(3)19-16-22/h11-14,22H,5-10,15-19H2,1-4H3. The van der Waals surface area contributed by atoms with Gasteiger partial charge in [-0.1, -0.05) is 68.9 Å². The number of nitrogens with zero attached hydrogens (tertiary/aromatic N) is 3. The van der Waals surface area contributed by atoms with Crippen LogP contribution in [-0.4, -0.2) is 66.3 Å². The number of piperidine rings is 1. The van der Waals surface area contributed by atoms with Crippen LogP contribution in [0.1, 0.15) is 69.4 Å². The maximum absolute atomic E-state index is 13.5. The van der Waals surface area contributed by atoms with Crippen LogP contribution in [0.5, 0.6) is 0 Å². The second-order valence-corrected chi connectivity index (χ2v) is 9.26. The molecule has 5 heteroatoms. The van der Waals surface area contributed by atoms with Crippen molar-refractivity contribution >= 4 is 17.4 Å². The molecule has 1 fully saturated rings. The molecule has 0 bridgehead atoms. The van der Waals surface area contributed by atoms with Crippen molar-refractivity contribution in [2.45, 2.75) is 71.3 Å². The van der Waals surface area contributed by atoms with Crippen LogP contribution in [-0.2, 0) is 9.59 Å². The summed E-state index contributed by atoms with van der Waals surface area (Å²) < 4.78 is 0. The highest BCUT2D eigenvalue weighted by Crippen LogP contribution is 2.33. The van der Waals surface area contributed by atoms with Crippen molar-refractivity contribution in [3.63, 3.8) is 0 Å². The fourth-order valence-electron chi connectivity index (χ4n) is 4.69. The summed E-state index contributed by atoms with van der Waals surface area (Å²) in [7, 11) is 4.14. The van der Waals surface area contributed by atoms with E-state index in [9.17, 15) is 9.59 Å². The van der Waals surface area contributed by atoms with Crippen molar-refractivity contribution in [1.82, 2.24) is 14.7 Å². The molecule has 5 nitrogen and oxygen atoms in total. The summed E-state index contributed by atoms with van der Waals surface area (Å²) in [5.74, 6) is -0.243. The summed E-state index contributed by atoms with van der Waals surface area (Å²) in [6, 6.07) is 8.28. The third kappa shape index (κ3) is 5.57. The average Bonchev–Trinajstić information content (AvgIpc) is 3.01. The van der Waals surface area contributed by atoms with Gasteiger partial charge in [0.2, 0.25) is 0 Å². The molecule has 0 N–H and O–H groups in total. The summed E-state index contributed by atoms with van der Waals surface area (Å²) >= 11 is 0. The molecular formula is C26H39N3O2. The van der Waals surface area contributed by atoms with Gasteiger partial charge in [-0.3, -0.25) is 14.5 Å². The molecule has 1 aromatic carbocycles. The lowest BCUT2D eigenvalue weighted by Gasteiger charge is -2.36. The SMILES string of the molecule is CCCCCCCCN1C(=O)C(c2ccc(C)cc2)=C(N(C)C2CCN(C)CC2)C1=O. The first kappa shape index (κ1) is 23.5. The lowest BCUT2D eigenvalue weighted by molar-refractivity contribution is -0.137. The van der Waals surface area contributed by atoms with E-state index in [0.717, 1.165) is 49.9 Å². The van der Waals surface area contributed by atoms with E-state index < -0.39 is 0 Å². The van der Waals surface area contributed by atoms with Gasteiger partial charge >= 0.3 is 0 Å². The molecule has 0 aromatic heterocycles. The molecule has 2 amide bonds. The molecule has 2 heterocycles. The van der Waals surface area contributed by atoms with E-state index in [1.807, 2.05) is 38.2 Å². The van der Waals surface area contributed by atoms with Crippen molar-refractivity contribution < 1.29 is 9.59 Å². The number of hydrogen-bond donors (Lipinski definition) is 0. The zero-order valence-electron chi connectivity index (χ0n) is 19.8. The lowest BCUT2D eigenvalue weighted by Crippen LogP contribution is -2.43. The highest BCUT2D eigenvalue weighted by Gasteiger charge is 2.42. The fraction of sp³-hybridized carbons (Fsp3) is 0.615. The molecule has 1 aromatic rings. The molecule has 0 aliphatic carbocycles. The number of aryl methyl sites for hydroxylation is 1. The Kier molecular flexibility index (Phi) is 8.30. The van der Waals surface area contributed by atoms with Gasteiger partial charge in [0.05, 0.1) is 5.57 Å². The third-order valence-electron chi connectivity index (χ3n) is 6.81. The number of imide groups is 1. The molecule has 170 valence electrons. The van der Waals surface area contributed by atoms with Crippen molar-refractivity contribution in [3.8, 4) is 0 Å². The van der Waals surface area contributed by atoms with Gasteiger partial charge in [-0.05, 0) is 51.9 Å².